The molecule has 1 aliphatic heterocycles. The van der Waals surface area contributed by atoms with Crippen molar-refractivity contribution in [3.05, 3.63) is 59.8 Å². The summed E-state index contributed by atoms with van der Waals surface area (Å²) in [6.45, 7) is 1.77. The van der Waals surface area contributed by atoms with Gasteiger partial charge in [0.15, 0.2) is 0 Å². The lowest BCUT2D eigenvalue weighted by Gasteiger charge is -2.16. The van der Waals surface area contributed by atoms with Crippen LogP contribution in [0.15, 0.2) is 54.2 Å². The molecule has 7 nitrogen and oxygen atoms in total. The fraction of sp³-hybridized carbons (Fsp3) is 0.208. The molecule has 0 bridgehead atoms. The molecule has 1 amide bonds. The highest BCUT2D eigenvalue weighted by Crippen LogP contribution is 2.35. The lowest BCUT2D eigenvalue weighted by molar-refractivity contribution is -0.112. The molecule has 1 fully saturated rings. The van der Waals surface area contributed by atoms with E-state index in [1.54, 1.807) is 31.5 Å². The summed E-state index contributed by atoms with van der Waals surface area (Å²) < 4.78 is 5.50. The first-order chi connectivity index (χ1) is 15.6. The van der Waals surface area contributed by atoms with E-state index in [1.165, 1.54) is 0 Å². The minimum Gasteiger partial charge on any atom is -0.494 e. The summed E-state index contributed by atoms with van der Waals surface area (Å²) in [6, 6.07) is 13.7. The number of hydrogen-bond donors (Lipinski definition) is 3. The predicted octanol–water partition coefficient (Wildman–Crippen LogP) is 2.37. The van der Waals surface area contributed by atoms with Crippen molar-refractivity contribution < 1.29 is 9.53 Å². The Morgan fingerprint density at radius 2 is 2.09 bits per heavy atom. The maximum Gasteiger partial charge on any atom is 0.248 e. The Labute approximate surface area is 187 Å². The van der Waals surface area contributed by atoms with Crippen molar-refractivity contribution in [1.82, 2.24) is 10.3 Å². The van der Waals surface area contributed by atoms with Crippen LogP contribution in [0, 0.1) is 11.3 Å². The summed E-state index contributed by atoms with van der Waals surface area (Å²) in [5, 5.41) is 20.0. The highest BCUT2D eigenvalue weighted by molar-refractivity contribution is 6.32. The predicted molar refractivity (Wildman–Crippen MR) is 130 cm³/mol. The fourth-order valence-electron chi connectivity index (χ4n) is 3.82. The van der Waals surface area contributed by atoms with Gasteiger partial charge in [-0.15, -0.1) is 0 Å². The molecule has 160 valence electrons. The van der Waals surface area contributed by atoms with Crippen LogP contribution in [0.2, 0.25) is 0 Å². The normalized spacial score (nSPS) is 13.3. The second-order valence-corrected chi connectivity index (χ2v) is 7.76. The number of carbonyl (C=O) groups is 1. The summed E-state index contributed by atoms with van der Waals surface area (Å²) in [7, 11) is 3.56. The smallest absolute Gasteiger partial charge is 0.248 e. The van der Waals surface area contributed by atoms with Crippen LogP contribution in [0.5, 0.6) is 5.75 Å². The van der Waals surface area contributed by atoms with Gasteiger partial charge in [-0.2, -0.15) is 5.26 Å². The lowest BCUT2D eigenvalue weighted by Crippen LogP contribution is -2.24. The van der Waals surface area contributed by atoms with Gasteiger partial charge in [-0.05, 0) is 44.1 Å². The Bertz CT molecular complexity index is 1240. The highest BCUT2D eigenvalue weighted by atomic mass is 16.5. The van der Waals surface area contributed by atoms with Crippen LogP contribution in [-0.4, -0.2) is 38.9 Å². The first-order valence-electron chi connectivity index (χ1n) is 10.5. The zero-order valence-corrected chi connectivity index (χ0v) is 18.2. The molecule has 3 N–H and O–H groups in total. The zero-order valence-electron chi connectivity index (χ0n) is 18.2. The highest BCUT2D eigenvalue weighted by Gasteiger charge is 2.15. The molecule has 0 saturated carbocycles. The number of fused-ring (bicyclic) bond motifs is 1. The van der Waals surface area contributed by atoms with Gasteiger partial charge < -0.3 is 20.7 Å². The molecule has 32 heavy (non-hydrogen) atoms. The van der Waals surface area contributed by atoms with Crippen molar-refractivity contribution in [3.8, 4) is 11.8 Å². The monoisotopic (exact) mass is 425 g/mol. The van der Waals surface area contributed by atoms with Crippen LogP contribution in [0.25, 0.3) is 10.9 Å². The maximum atomic E-state index is 12.7. The van der Waals surface area contributed by atoms with Crippen LogP contribution < -0.4 is 26.2 Å². The third kappa shape index (κ3) is 4.74. The molecule has 2 aromatic carbocycles. The third-order valence-corrected chi connectivity index (χ3v) is 5.44. The van der Waals surface area contributed by atoms with E-state index in [0.29, 0.717) is 28.2 Å². The Kier molecular flexibility index (Phi) is 6.38. The van der Waals surface area contributed by atoms with Gasteiger partial charge >= 0.3 is 0 Å². The number of piperidine rings is 1. The van der Waals surface area contributed by atoms with E-state index in [1.807, 2.05) is 32.1 Å². The van der Waals surface area contributed by atoms with E-state index in [-0.39, 0.29) is 5.91 Å². The number of aromatic nitrogens is 1. The number of pyridine rings is 1. The second-order valence-electron chi connectivity index (χ2n) is 7.76. The summed E-state index contributed by atoms with van der Waals surface area (Å²) in [5.74, 6) is 0.311. The maximum absolute atomic E-state index is 12.7. The molecular weight excluding hydrogens is 401 g/mol. The van der Waals surface area contributed by atoms with Crippen molar-refractivity contribution in [2.75, 3.05) is 30.8 Å². The van der Waals surface area contributed by atoms with E-state index in [9.17, 15) is 10.1 Å². The molecule has 2 heterocycles. The summed E-state index contributed by atoms with van der Waals surface area (Å²) in [4.78, 5) is 17.1. The van der Waals surface area contributed by atoms with E-state index in [2.05, 4.69) is 27.0 Å². The molecule has 0 unspecified atom stereocenters. The van der Waals surface area contributed by atoms with Gasteiger partial charge in [-0.25, -0.2) is 0 Å². The van der Waals surface area contributed by atoms with Gasteiger partial charge in [-0.3, -0.25) is 9.78 Å². The molecule has 3 aromatic rings. The van der Waals surface area contributed by atoms with Crippen LogP contribution in [0.1, 0.15) is 18.4 Å². The van der Waals surface area contributed by atoms with Crippen molar-refractivity contribution in [3.63, 3.8) is 0 Å². The molecule has 8 heteroatoms. The molecule has 0 spiro atoms. The molecule has 0 aliphatic carbocycles. The number of carbonyl (C=O) groups excluding carboxylic acids is 1. The SMILES string of the molecule is Bc1cccc(Nc2c(C#N)cnc3cc(OC)c(NC(=O)C=C4CCNCC4)cc23)c1. The van der Waals surface area contributed by atoms with Crippen molar-refractivity contribution in [2.24, 2.45) is 0 Å². The number of nitrogens with zero attached hydrogens (tertiary/aromatic N) is 2. The molecule has 0 radical (unpaired) electrons. The fourth-order valence-corrected chi connectivity index (χ4v) is 3.82. The molecular formula is C24H24BN5O2. The molecule has 1 aliphatic rings. The minimum atomic E-state index is -0.197. The Hall–Kier alpha value is -3.83. The largest absolute Gasteiger partial charge is 0.494 e. The average molecular weight is 425 g/mol. The number of rotatable bonds is 5. The quantitative estimate of drug-likeness (QED) is 0.429. The second kappa shape index (κ2) is 9.54. The summed E-state index contributed by atoms with van der Waals surface area (Å²) >= 11 is 0. The molecule has 1 saturated heterocycles. The topological polar surface area (TPSA) is 99.1 Å². The molecule has 0 atom stereocenters. The summed E-state index contributed by atoms with van der Waals surface area (Å²) in [6.07, 6.45) is 4.94. The Balaban J connectivity index is 1.74. The lowest BCUT2D eigenvalue weighted by atomic mass is 9.96. The number of amides is 1. The Morgan fingerprint density at radius 3 is 2.81 bits per heavy atom. The third-order valence-electron chi connectivity index (χ3n) is 5.44. The zero-order chi connectivity index (χ0) is 22.5. The number of nitriles is 1. The standard InChI is InChI=1S/C24H24BN5O2/c1-32-22-12-20-19(11-21(22)30-23(31)9-15-5-7-27-8-6-15)24(16(13-26)14-28-20)29-18-4-2-3-17(25)10-18/h2-4,9-12,14,27H,5-8,25H2,1H3,(H,28,29)(H,30,31). The number of hydrogen-bond acceptors (Lipinski definition) is 6. The molecule has 1 aromatic heterocycles. The first kappa shape index (κ1) is 21.4. The van der Waals surface area contributed by atoms with Crippen LogP contribution in [-0.2, 0) is 4.79 Å². The van der Waals surface area contributed by atoms with Gasteiger partial charge in [0.25, 0.3) is 0 Å². The van der Waals surface area contributed by atoms with E-state index in [0.717, 1.165) is 48.0 Å². The number of benzene rings is 2. The van der Waals surface area contributed by atoms with Gasteiger partial charge in [0.05, 0.1) is 29.6 Å². The van der Waals surface area contributed by atoms with Gasteiger partial charge in [0, 0.05) is 29.4 Å². The Morgan fingerprint density at radius 1 is 1.28 bits per heavy atom. The number of anilines is 3. The van der Waals surface area contributed by atoms with Crippen LogP contribution in [0.4, 0.5) is 17.1 Å². The van der Waals surface area contributed by atoms with Crippen molar-refractivity contribution >= 4 is 47.2 Å². The van der Waals surface area contributed by atoms with Gasteiger partial charge in [-0.1, -0.05) is 23.2 Å². The molecule has 4 rings (SSSR count). The van der Waals surface area contributed by atoms with E-state index >= 15 is 0 Å². The van der Waals surface area contributed by atoms with E-state index in [4.69, 9.17) is 4.74 Å². The number of ether oxygens (including phenoxy) is 1. The minimum absolute atomic E-state index is 0.197. The van der Waals surface area contributed by atoms with Crippen molar-refractivity contribution in [1.29, 1.82) is 5.26 Å². The average Bonchev–Trinajstić information content (AvgIpc) is 2.79. The van der Waals surface area contributed by atoms with Crippen LogP contribution >= 0.6 is 0 Å². The number of nitrogens with one attached hydrogen (secondary N) is 3. The van der Waals surface area contributed by atoms with Gasteiger partial charge in [0.1, 0.15) is 19.7 Å². The van der Waals surface area contributed by atoms with Crippen LogP contribution in [0.3, 0.4) is 0 Å². The number of methoxy groups -OCH3 is 1. The first-order valence-corrected chi connectivity index (χ1v) is 10.5. The van der Waals surface area contributed by atoms with E-state index < -0.39 is 0 Å². The van der Waals surface area contributed by atoms with Crippen molar-refractivity contribution in [2.45, 2.75) is 12.8 Å². The summed E-state index contributed by atoms with van der Waals surface area (Å²) in [5.41, 5.74) is 5.33. The van der Waals surface area contributed by atoms with Gasteiger partial charge in [0.2, 0.25) is 5.91 Å².